The molecule has 0 spiro atoms. The molecule has 1 N–H and O–H groups in total. The number of aromatic nitrogens is 6. The molecule has 0 fully saturated rings. The number of benzene rings is 1. The molecule has 4 heterocycles. The lowest BCUT2D eigenvalue weighted by Gasteiger charge is -2.19. The van der Waals surface area contributed by atoms with Crippen LogP contribution in [0.4, 0.5) is 17.3 Å². The van der Waals surface area contributed by atoms with Gasteiger partial charge in [-0.15, -0.1) is 0 Å². The van der Waals surface area contributed by atoms with E-state index in [1.807, 2.05) is 25.9 Å². The number of aryl methyl sites for hydroxylation is 1. The first-order valence-electron chi connectivity index (χ1n) is 8.84. The van der Waals surface area contributed by atoms with Crippen molar-refractivity contribution in [3.8, 4) is 0 Å². The number of fused-ring (bicyclic) bond motifs is 3. The Balaban J connectivity index is 1.51. The molecule has 0 atom stereocenters. The topological polar surface area (TPSA) is 84.7 Å². The molecule has 8 nitrogen and oxygen atoms in total. The summed E-state index contributed by atoms with van der Waals surface area (Å²) in [5, 5.41) is 4.28. The molecule has 1 aliphatic heterocycles. The van der Waals surface area contributed by atoms with Gasteiger partial charge in [0.15, 0.2) is 22.8 Å². The Bertz CT molecular complexity index is 1200. The maximum absolute atomic E-state index is 4.71. The van der Waals surface area contributed by atoms with E-state index < -0.39 is 0 Å². The smallest absolute Gasteiger partial charge is 0.165 e. The van der Waals surface area contributed by atoms with Crippen LogP contribution in [0.1, 0.15) is 11.4 Å². The van der Waals surface area contributed by atoms with Gasteiger partial charge in [0, 0.05) is 31.4 Å². The largest absolute Gasteiger partial charge is 0.361 e. The van der Waals surface area contributed by atoms with E-state index in [9.17, 15) is 0 Å². The van der Waals surface area contributed by atoms with Crippen LogP contribution < -0.4 is 10.2 Å². The highest BCUT2D eigenvalue weighted by molar-refractivity contribution is 7.99. The standard InChI is InChI=1S/C19H18N8S/c1-11-24-15-17(26(2)3)22-10-23-18(15)27(11)9-12-4-5-14-13(8-12)25-16-19(28-14)21-7-6-20-16/h4-8,10H,9H2,1-3H3,(H,20,25). The second-order valence-electron chi connectivity index (χ2n) is 6.78. The normalized spacial score (nSPS) is 12.4. The third-order valence-electron chi connectivity index (χ3n) is 4.64. The molecule has 140 valence electrons. The highest BCUT2D eigenvalue weighted by Crippen LogP contribution is 2.42. The summed E-state index contributed by atoms with van der Waals surface area (Å²) in [7, 11) is 3.92. The zero-order chi connectivity index (χ0) is 19.3. The minimum atomic E-state index is 0.680. The van der Waals surface area contributed by atoms with E-state index in [0.717, 1.165) is 49.8 Å². The van der Waals surface area contributed by atoms with Gasteiger partial charge in [0.05, 0.1) is 12.2 Å². The second kappa shape index (κ2) is 6.45. The number of anilines is 3. The zero-order valence-corrected chi connectivity index (χ0v) is 16.5. The third kappa shape index (κ3) is 2.75. The Labute approximate surface area is 166 Å². The molecule has 1 aliphatic rings. The van der Waals surface area contributed by atoms with Gasteiger partial charge in [-0.1, -0.05) is 17.8 Å². The van der Waals surface area contributed by atoms with Crippen LogP contribution in [0.15, 0.2) is 46.8 Å². The first-order chi connectivity index (χ1) is 13.6. The summed E-state index contributed by atoms with van der Waals surface area (Å²) in [4.78, 5) is 25.4. The second-order valence-corrected chi connectivity index (χ2v) is 7.81. The van der Waals surface area contributed by atoms with Crippen molar-refractivity contribution in [1.82, 2.24) is 29.5 Å². The number of nitrogens with one attached hydrogen (secondary N) is 1. The molecular weight excluding hydrogens is 372 g/mol. The fourth-order valence-electron chi connectivity index (χ4n) is 3.31. The van der Waals surface area contributed by atoms with E-state index in [1.165, 1.54) is 0 Å². The molecule has 0 saturated carbocycles. The van der Waals surface area contributed by atoms with E-state index in [4.69, 9.17) is 4.98 Å². The highest BCUT2D eigenvalue weighted by atomic mass is 32.2. The Morgan fingerprint density at radius 1 is 1.11 bits per heavy atom. The van der Waals surface area contributed by atoms with E-state index in [2.05, 4.69) is 48.0 Å². The van der Waals surface area contributed by atoms with Crippen LogP contribution in [0, 0.1) is 6.92 Å². The zero-order valence-electron chi connectivity index (χ0n) is 15.7. The van der Waals surface area contributed by atoms with Crippen molar-refractivity contribution in [2.24, 2.45) is 0 Å². The SMILES string of the molecule is Cc1nc2c(N(C)C)ncnc2n1Cc1ccc2c(c1)Nc1nccnc1S2. The summed E-state index contributed by atoms with van der Waals surface area (Å²) in [5.41, 5.74) is 3.86. The summed E-state index contributed by atoms with van der Waals surface area (Å²) < 4.78 is 2.12. The van der Waals surface area contributed by atoms with Crippen molar-refractivity contribution in [3.63, 3.8) is 0 Å². The quantitative estimate of drug-likeness (QED) is 0.503. The Morgan fingerprint density at radius 3 is 2.82 bits per heavy atom. The van der Waals surface area contributed by atoms with E-state index in [1.54, 1.807) is 30.5 Å². The lowest BCUT2D eigenvalue weighted by Crippen LogP contribution is -2.11. The van der Waals surface area contributed by atoms with Gasteiger partial charge in [-0.05, 0) is 24.6 Å². The number of hydrogen-bond donors (Lipinski definition) is 1. The fourth-order valence-corrected chi connectivity index (χ4v) is 4.19. The van der Waals surface area contributed by atoms with Gasteiger partial charge in [-0.3, -0.25) is 0 Å². The predicted octanol–water partition coefficient (Wildman–Crippen LogP) is 3.25. The van der Waals surface area contributed by atoms with Crippen molar-refractivity contribution < 1.29 is 0 Å². The number of nitrogens with zero attached hydrogens (tertiary/aromatic N) is 7. The molecule has 5 rings (SSSR count). The summed E-state index contributed by atoms with van der Waals surface area (Å²) >= 11 is 1.63. The highest BCUT2D eigenvalue weighted by Gasteiger charge is 2.19. The molecule has 9 heteroatoms. The van der Waals surface area contributed by atoms with Crippen LogP contribution in [0.5, 0.6) is 0 Å². The van der Waals surface area contributed by atoms with Crippen LogP contribution in [0.2, 0.25) is 0 Å². The monoisotopic (exact) mass is 390 g/mol. The van der Waals surface area contributed by atoms with Gasteiger partial charge in [0.2, 0.25) is 0 Å². The van der Waals surface area contributed by atoms with Crippen LogP contribution in [0.25, 0.3) is 11.2 Å². The molecule has 0 bridgehead atoms. The summed E-state index contributed by atoms with van der Waals surface area (Å²) in [6.07, 6.45) is 5.00. The van der Waals surface area contributed by atoms with E-state index in [0.29, 0.717) is 6.54 Å². The lowest BCUT2D eigenvalue weighted by molar-refractivity contribution is 0.776. The number of imidazole rings is 1. The van der Waals surface area contributed by atoms with Crippen molar-refractivity contribution in [2.45, 2.75) is 23.4 Å². The van der Waals surface area contributed by atoms with Crippen LogP contribution >= 0.6 is 11.8 Å². The molecule has 3 aromatic heterocycles. The first-order valence-corrected chi connectivity index (χ1v) is 9.66. The third-order valence-corrected chi connectivity index (χ3v) is 5.70. The molecule has 0 amide bonds. The Morgan fingerprint density at radius 2 is 1.96 bits per heavy atom. The maximum atomic E-state index is 4.71. The van der Waals surface area contributed by atoms with Crippen LogP contribution in [-0.2, 0) is 6.54 Å². The summed E-state index contributed by atoms with van der Waals surface area (Å²) in [5.74, 6) is 2.53. The van der Waals surface area contributed by atoms with Crippen molar-refractivity contribution in [3.05, 3.63) is 48.3 Å². The predicted molar refractivity (Wildman–Crippen MR) is 109 cm³/mol. The van der Waals surface area contributed by atoms with Gasteiger partial charge in [0.1, 0.15) is 17.2 Å². The lowest BCUT2D eigenvalue weighted by atomic mass is 10.2. The average Bonchev–Trinajstić information content (AvgIpc) is 3.01. The number of rotatable bonds is 3. The van der Waals surface area contributed by atoms with Crippen molar-refractivity contribution in [2.75, 3.05) is 24.3 Å². The minimum absolute atomic E-state index is 0.680. The molecule has 0 radical (unpaired) electrons. The minimum Gasteiger partial charge on any atom is -0.361 e. The fraction of sp³-hybridized carbons (Fsp3) is 0.211. The average molecular weight is 390 g/mol. The number of hydrogen-bond acceptors (Lipinski definition) is 8. The van der Waals surface area contributed by atoms with Gasteiger partial charge >= 0.3 is 0 Å². The molecule has 0 aliphatic carbocycles. The molecule has 1 aromatic carbocycles. The molecular formula is C19H18N8S. The molecule has 0 unspecified atom stereocenters. The van der Waals surface area contributed by atoms with E-state index >= 15 is 0 Å². The maximum Gasteiger partial charge on any atom is 0.165 e. The van der Waals surface area contributed by atoms with Crippen molar-refractivity contribution >= 4 is 40.2 Å². The van der Waals surface area contributed by atoms with Crippen molar-refractivity contribution in [1.29, 1.82) is 0 Å². The summed E-state index contributed by atoms with van der Waals surface area (Å²) in [6.45, 7) is 2.68. The van der Waals surface area contributed by atoms with Gasteiger partial charge in [0.25, 0.3) is 0 Å². The van der Waals surface area contributed by atoms with Crippen LogP contribution in [0.3, 0.4) is 0 Å². The van der Waals surface area contributed by atoms with Gasteiger partial charge < -0.3 is 14.8 Å². The Hall–Kier alpha value is -3.20. The summed E-state index contributed by atoms with van der Waals surface area (Å²) in [6, 6.07) is 6.40. The van der Waals surface area contributed by atoms with E-state index in [-0.39, 0.29) is 0 Å². The molecule has 4 aromatic rings. The van der Waals surface area contributed by atoms with Crippen LogP contribution in [-0.4, -0.2) is 43.6 Å². The van der Waals surface area contributed by atoms with Gasteiger partial charge in [-0.25, -0.2) is 24.9 Å². The molecule has 0 saturated heterocycles. The first kappa shape index (κ1) is 16.9. The molecule has 28 heavy (non-hydrogen) atoms. The Kier molecular flexibility index (Phi) is 3.90. The van der Waals surface area contributed by atoms with Gasteiger partial charge in [-0.2, -0.15) is 0 Å².